The van der Waals surface area contributed by atoms with Crippen LogP contribution < -0.4 is 15.2 Å². The molecule has 1 aromatic heterocycles. The standard InChI is InChI=1S/C15H18N2O2.2ClH/c1-10-8-17-14(11(2)15(10)18-3)9-19-13-6-4-5-12(16)7-13;;/h4-8H,9,16H2,1-3H3;2*1H. The van der Waals surface area contributed by atoms with Crippen LogP contribution in [0.2, 0.25) is 0 Å². The minimum Gasteiger partial charge on any atom is -0.496 e. The molecule has 2 rings (SSSR count). The summed E-state index contributed by atoms with van der Waals surface area (Å²) in [4.78, 5) is 4.39. The van der Waals surface area contributed by atoms with Gasteiger partial charge in [-0.05, 0) is 26.0 Å². The lowest BCUT2D eigenvalue weighted by Crippen LogP contribution is -2.04. The van der Waals surface area contributed by atoms with Crippen LogP contribution in [0.1, 0.15) is 16.8 Å². The molecular formula is C15H20Cl2N2O2. The summed E-state index contributed by atoms with van der Waals surface area (Å²) >= 11 is 0. The highest BCUT2D eigenvalue weighted by Crippen LogP contribution is 2.25. The molecule has 2 N–H and O–H groups in total. The van der Waals surface area contributed by atoms with Crippen molar-refractivity contribution in [2.75, 3.05) is 12.8 Å². The number of ether oxygens (including phenoxy) is 2. The first-order valence-corrected chi connectivity index (χ1v) is 6.09. The number of hydrogen-bond acceptors (Lipinski definition) is 4. The number of nitrogens with two attached hydrogens (primary N) is 1. The van der Waals surface area contributed by atoms with Gasteiger partial charge in [-0.2, -0.15) is 0 Å². The van der Waals surface area contributed by atoms with Crippen LogP contribution in [0.15, 0.2) is 30.5 Å². The zero-order valence-corrected chi connectivity index (χ0v) is 13.9. The SMILES string of the molecule is COc1c(C)cnc(COc2cccc(N)c2)c1C.Cl.Cl. The molecule has 0 spiro atoms. The smallest absolute Gasteiger partial charge is 0.131 e. The van der Waals surface area contributed by atoms with Gasteiger partial charge in [-0.3, -0.25) is 4.98 Å². The molecule has 0 amide bonds. The van der Waals surface area contributed by atoms with Crippen molar-refractivity contribution in [3.63, 3.8) is 0 Å². The van der Waals surface area contributed by atoms with Gasteiger partial charge in [0.25, 0.3) is 0 Å². The van der Waals surface area contributed by atoms with Gasteiger partial charge in [-0.25, -0.2) is 0 Å². The average molecular weight is 331 g/mol. The van der Waals surface area contributed by atoms with Crippen LogP contribution in [-0.4, -0.2) is 12.1 Å². The third-order valence-electron chi connectivity index (χ3n) is 2.98. The lowest BCUT2D eigenvalue weighted by molar-refractivity contribution is 0.299. The van der Waals surface area contributed by atoms with Gasteiger partial charge in [0.15, 0.2) is 0 Å². The Morgan fingerprint density at radius 2 is 1.90 bits per heavy atom. The van der Waals surface area contributed by atoms with Gasteiger partial charge in [0.1, 0.15) is 18.1 Å². The minimum absolute atomic E-state index is 0. The lowest BCUT2D eigenvalue weighted by Gasteiger charge is -2.13. The number of hydrogen-bond donors (Lipinski definition) is 1. The summed E-state index contributed by atoms with van der Waals surface area (Å²) in [5, 5.41) is 0. The molecule has 0 unspecified atom stereocenters. The van der Waals surface area contributed by atoms with Gasteiger partial charge >= 0.3 is 0 Å². The van der Waals surface area contributed by atoms with E-state index in [1.807, 2.05) is 32.0 Å². The molecule has 0 aliphatic rings. The van der Waals surface area contributed by atoms with E-state index in [9.17, 15) is 0 Å². The van der Waals surface area contributed by atoms with E-state index in [4.69, 9.17) is 15.2 Å². The molecule has 1 aromatic carbocycles. The van der Waals surface area contributed by atoms with E-state index >= 15 is 0 Å². The maximum atomic E-state index is 5.71. The molecule has 4 nitrogen and oxygen atoms in total. The van der Waals surface area contributed by atoms with Crippen LogP contribution in [0.25, 0.3) is 0 Å². The van der Waals surface area contributed by atoms with Gasteiger partial charge < -0.3 is 15.2 Å². The van der Waals surface area contributed by atoms with E-state index in [0.717, 1.165) is 28.3 Å². The first kappa shape index (κ1) is 19.4. The third-order valence-corrected chi connectivity index (χ3v) is 2.98. The van der Waals surface area contributed by atoms with Gasteiger partial charge in [0, 0.05) is 29.1 Å². The molecule has 0 fully saturated rings. The number of halogens is 2. The van der Waals surface area contributed by atoms with Crippen LogP contribution in [0, 0.1) is 13.8 Å². The Hall–Kier alpha value is -1.65. The van der Waals surface area contributed by atoms with Crippen LogP contribution >= 0.6 is 24.8 Å². The lowest BCUT2D eigenvalue weighted by atomic mass is 10.1. The summed E-state index contributed by atoms with van der Waals surface area (Å²) in [5.41, 5.74) is 9.28. The van der Waals surface area contributed by atoms with E-state index in [1.165, 1.54) is 0 Å². The predicted molar refractivity (Wildman–Crippen MR) is 89.9 cm³/mol. The number of anilines is 1. The highest BCUT2D eigenvalue weighted by molar-refractivity contribution is 5.85. The zero-order valence-electron chi connectivity index (χ0n) is 12.3. The van der Waals surface area contributed by atoms with Crippen molar-refractivity contribution in [1.29, 1.82) is 0 Å². The van der Waals surface area contributed by atoms with Crippen molar-refractivity contribution in [3.8, 4) is 11.5 Å². The summed E-state index contributed by atoms with van der Waals surface area (Å²) in [6.07, 6.45) is 1.80. The van der Waals surface area contributed by atoms with E-state index in [0.29, 0.717) is 12.3 Å². The second-order valence-corrected chi connectivity index (χ2v) is 4.41. The van der Waals surface area contributed by atoms with Gasteiger partial charge in [-0.15, -0.1) is 24.8 Å². The highest BCUT2D eigenvalue weighted by Gasteiger charge is 2.09. The summed E-state index contributed by atoms with van der Waals surface area (Å²) in [7, 11) is 1.66. The second-order valence-electron chi connectivity index (χ2n) is 4.41. The Balaban J connectivity index is 0.00000200. The highest BCUT2D eigenvalue weighted by atomic mass is 35.5. The van der Waals surface area contributed by atoms with E-state index in [2.05, 4.69) is 4.98 Å². The van der Waals surface area contributed by atoms with Crippen LogP contribution in [0.4, 0.5) is 5.69 Å². The molecule has 1 heterocycles. The number of methoxy groups -OCH3 is 1. The van der Waals surface area contributed by atoms with E-state index < -0.39 is 0 Å². The third kappa shape index (κ3) is 4.69. The van der Waals surface area contributed by atoms with Crippen molar-refractivity contribution in [1.82, 2.24) is 4.98 Å². The topological polar surface area (TPSA) is 57.4 Å². The predicted octanol–water partition coefficient (Wildman–Crippen LogP) is 3.71. The average Bonchev–Trinajstić information content (AvgIpc) is 2.38. The van der Waals surface area contributed by atoms with E-state index in [1.54, 1.807) is 19.4 Å². The van der Waals surface area contributed by atoms with Crippen LogP contribution in [0.5, 0.6) is 11.5 Å². The monoisotopic (exact) mass is 330 g/mol. The number of nitrogen functional groups attached to an aromatic ring is 1. The normalized spacial score (nSPS) is 9.29. The molecule has 0 aliphatic heterocycles. The van der Waals surface area contributed by atoms with Crippen LogP contribution in [0.3, 0.4) is 0 Å². The molecule has 0 bridgehead atoms. The fraction of sp³-hybridized carbons (Fsp3) is 0.267. The Kier molecular flexibility index (Phi) is 7.92. The fourth-order valence-electron chi connectivity index (χ4n) is 1.97. The minimum atomic E-state index is 0. The Labute approximate surface area is 137 Å². The molecule has 0 saturated heterocycles. The number of nitrogens with zero attached hydrogens (tertiary/aromatic N) is 1. The van der Waals surface area contributed by atoms with Crippen molar-refractivity contribution in [2.24, 2.45) is 0 Å². The maximum Gasteiger partial charge on any atom is 0.131 e. The first-order valence-electron chi connectivity index (χ1n) is 6.09. The molecule has 0 radical (unpaired) electrons. The quantitative estimate of drug-likeness (QED) is 0.868. The molecule has 0 saturated carbocycles. The number of benzene rings is 1. The molecule has 6 heteroatoms. The largest absolute Gasteiger partial charge is 0.496 e. The van der Waals surface area contributed by atoms with Gasteiger partial charge in [-0.1, -0.05) is 6.07 Å². The number of rotatable bonds is 4. The zero-order chi connectivity index (χ0) is 13.8. The van der Waals surface area contributed by atoms with Crippen LogP contribution in [-0.2, 0) is 6.61 Å². The molecule has 2 aromatic rings. The summed E-state index contributed by atoms with van der Waals surface area (Å²) in [5.74, 6) is 1.60. The Morgan fingerprint density at radius 1 is 1.19 bits per heavy atom. The number of aromatic nitrogens is 1. The summed E-state index contributed by atoms with van der Waals surface area (Å²) in [6.45, 7) is 4.35. The van der Waals surface area contributed by atoms with Gasteiger partial charge in [0.2, 0.25) is 0 Å². The molecule has 0 aliphatic carbocycles. The summed E-state index contributed by atoms with van der Waals surface area (Å²) in [6, 6.07) is 7.35. The summed E-state index contributed by atoms with van der Waals surface area (Å²) < 4.78 is 11.1. The second kappa shape index (κ2) is 8.60. The Morgan fingerprint density at radius 3 is 2.52 bits per heavy atom. The molecule has 116 valence electrons. The fourth-order valence-corrected chi connectivity index (χ4v) is 1.97. The van der Waals surface area contributed by atoms with Crippen molar-refractivity contribution in [3.05, 3.63) is 47.3 Å². The van der Waals surface area contributed by atoms with Gasteiger partial charge in [0.05, 0.1) is 12.8 Å². The van der Waals surface area contributed by atoms with E-state index in [-0.39, 0.29) is 24.8 Å². The van der Waals surface area contributed by atoms with Crippen molar-refractivity contribution < 1.29 is 9.47 Å². The maximum absolute atomic E-state index is 5.71. The molecule has 0 atom stereocenters. The Bertz CT molecular complexity index is 592. The van der Waals surface area contributed by atoms with Crippen molar-refractivity contribution >= 4 is 30.5 Å². The molecular weight excluding hydrogens is 311 g/mol. The number of pyridine rings is 1. The van der Waals surface area contributed by atoms with Crippen molar-refractivity contribution in [2.45, 2.75) is 20.5 Å². The molecule has 21 heavy (non-hydrogen) atoms. The number of aryl methyl sites for hydroxylation is 1. The first-order chi connectivity index (χ1) is 9.11.